The molecular formula is C27H38N2O5P2. The fourth-order valence-corrected chi connectivity index (χ4v) is 3.47. The molecule has 196 valence electrons. The molecule has 7 nitrogen and oxygen atoms in total. The summed E-state index contributed by atoms with van der Waals surface area (Å²) in [5.74, 6) is -1.61. The minimum Gasteiger partial charge on any atom is -0.480 e. The Bertz CT molecular complexity index is 893. The molecule has 2 aromatic rings. The minimum atomic E-state index is -1.01. The zero-order valence-corrected chi connectivity index (χ0v) is 23.5. The lowest BCUT2D eigenvalue weighted by molar-refractivity contribution is -0.142. The fraction of sp³-hybridized carbons (Fsp3) is 0.407. The molecule has 2 amide bonds. The summed E-state index contributed by atoms with van der Waals surface area (Å²) >= 11 is 0. The molecule has 0 radical (unpaired) electrons. The summed E-state index contributed by atoms with van der Waals surface area (Å²) < 4.78 is 0. The molecule has 0 saturated heterocycles. The summed E-state index contributed by atoms with van der Waals surface area (Å²) in [4.78, 5) is 46.2. The van der Waals surface area contributed by atoms with Gasteiger partial charge in [-0.05, 0) is 36.8 Å². The van der Waals surface area contributed by atoms with E-state index in [0.29, 0.717) is 25.2 Å². The third-order valence-corrected chi connectivity index (χ3v) is 7.00. The topological polar surface area (TPSA) is 113 Å². The van der Waals surface area contributed by atoms with Crippen LogP contribution >= 0.6 is 18.5 Å². The number of Topliss-reactive ketones (excluding diaryl/α,β-unsaturated/α-hetero) is 1. The van der Waals surface area contributed by atoms with Crippen molar-refractivity contribution in [2.45, 2.75) is 45.7 Å². The van der Waals surface area contributed by atoms with Gasteiger partial charge in [0.25, 0.3) is 0 Å². The summed E-state index contributed by atoms with van der Waals surface area (Å²) in [6.45, 7) is 5.13. The van der Waals surface area contributed by atoms with Gasteiger partial charge in [0.15, 0.2) is 5.78 Å². The lowest BCUT2D eigenvalue weighted by Crippen LogP contribution is -2.44. The van der Waals surface area contributed by atoms with Crippen LogP contribution in [-0.2, 0) is 32.0 Å². The zero-order chi connectivity index (χ0) is 27.1. The minimum absolute atomic E-state index is 0.0110. The van der Waals surface area contributed by atoms with E-state index in [9.17, 15) is 19.2 Å². The van der Waals surface area contributed by atoms with E-state index in [-0.39, 0.29) is 29.4 Å². The molecule has 3 N–H and O–H groups in total. The van der Waals surface area contributed by atoms with E-state index in [1.807, 2.05) is 67.6 Å². The van der Waals surface area contributed by atoms with Crippen molar-refractivity contribution in [2.75, 3.05) is 12.3 Å². The molecule has 6 atom stereocenters. The number of amides is 2. The highest BCUT2D eigenvalue weighted by molar-refractivity contribution is 7.16. The maximum Gasteiger partial charge on any atom is 0.326 e. The van der Waals surface area contributed by atoms with Crippen LogP contribution in [0, 0.1) is 11.8 Å². The molecule has 36 heavy (non-hydrogen) atoms. The van der Waals surface area contributed by atoms with Gasteiger partial charge in [-0.2, -0.15) is 0 Å². The van der Waals surface area contributed by atoms with Crippen LogP contribution in [-0.4, -0.2) is 53.1 Å². The number of hydrogen-bond donors (Lipinski definition) is 3. The number of ketones is 1. The van der Waals surface area contributed by atoms with E-state index in [0.717, 1.165) is 11.1 Å². The van der Waals surface area contributed by atoms with Crippen molar-refractivity contribution in [3.63, 3.8) is 0 Å². The van der Waals surface area contributed by atoms with Crippen LogP contribution < -0.4 is 10.6 Å². The van der Waals surface area contributed by atoms with Gasteiger partial charge < -0.3 is 15.7 Å². The number of carbonyl (C=O) groups is 4. The largest absolute Gasteiger partial charge is 0.480 e. The number of nitrogens with one attached hydrogen (secondary N) is 2. The van der Waals surface area contributed by atoms with Gasteiger partial charge in [0, 0.05) is 18.3 Å². The Labute approximate surface area is 218 Å². The molecule has 0 fully saturated rings. The van der Waals surface area contributed by atoms with Gasteiger partial charge in [0.1, 0.15) is 6.04 Å². The van der Waals surface area contributed by atoms with Crippen molar-refractivity contribution in [1.29, 1.82) is 0 Å². The van der Waals surface area contributed by atoms with E-state index < -0.39 is 18.1 Å². The van der Waals surface area contributed by atoms with Crippen molar-refractivity contribution in [1.82, 2.24) is 10.6 Å². The SMILES string of the molecule is CC(=O)C(Cc1ccccc1)NC(=O)C(C)CP.CC(CP)C(=O)NC(Cc1ccccc1)C(=O)O. The highest BCUT2D eigenvalue weighted by atomic mass is 31.0. The Morgan fingerprint density at radius 1 is 0.722 bits per heavy atom. The third-order valence-electron chi connectivity index (χ3n) is 5.59. The van der Waals surface area contributed by atoms with Crippen LogP contribution in [0.5, 0.6) is 0 Å². The average Bonchev–Trinajstić information content (AvgIpc) is 2.88. The van der Waals surface area contributed by atoms with E-state index in [1.54, 1.807) is 6.92 Å². The number of hydrogen-bond acceptors (Lipinski definition) is 4. The molecule has 2 rings (SSSR count). The molecule has 0 spiro atoms. The Hall–Kier alpha value is -2.62. The number of benzene rings is 2. The van der Waals surface area contributed by atoms with E-state index >= 15 is 0 Å². The lowest BCUT2D eigenvalue weighted by Gasteiger charge is -2.18. The van der Waals surface area contributed by atoms with Crippen molar-refractivity contribution in [3.05, 3.63) is 71.8 Å². The number of carbonyl (C=O) groups excluding carboxylic acids is 3. The molecular weight excluding hydrogens is 494 g/mol. The first kappa shape index (κ1) is 31.4. The second-order valence-corrected chi connectivity index (χ2v) is 9.67. The summed E-state index contributed by atoms with van der Waals surface area (Å²) in [5, 5.41) is 14.5. The van der Waals surface area contributed by atoms with Crippen LogP contribution in [0.1, 0.15) is 31.9 Å². The Morgan fingerprint density at radius 2 is 1.08 bits per heavy atom. The van der Waals surface area contributed by atoms with Crippen molar-refractivity contribution >= 4 is 42.0 Å². The normalized spacial score (nSPS) is 13.7. The fourth-order valence-electron chi connectivity index (χ4n) is 3.04. The van der Waals surface area contributed by atoms with Crippen LogP contribution in [0.3, 0.4) is 0 Å². The Balaban J connectivity index is 0.000000360. The molecule has 2 aromatic carbocycles. The highest BCUT2D eigenvalue weighted by Gasteiger charge is 2.22. The van der Waals surface area contributed by atoms with Crippen molar-refractivity contribution in [3.8, 4) is 0 Å². The monoisotopic (exact) mass is 532 g/mol. The third kappa shape index (κ3) is 11.9. The first-order chi connectivity index (χ1) is 17.1. The van der Waals surface area contributed by atoms with E-state index in [4.69, 9.17) is 5.11 Å². The molecule has 6 unspecified atom stereocenters. The predicted molar refractivity (Wildman–Crippen MR) is 150 cm³/mol. The summed E-state index contributed by atoms with van der Waals surface area (Å²) in [6.07, 6.45) is 2.16. The molecule has 0 heterocycles. The van der Waals surface area contributed by atoms with Crippen LogP contribution in [0.2, 0.25) is 0 Å². The standard InChI is InChI=1S/C14H20NO2P.C13H18NO3P/c1-10(9-18)14(17)15-13(11(2)16)8-12-6-4-3-5-7-12;1-9(8-18)12(15)14-11(13(16)17)7-10-5-3-2-4-6-10/h3-7,10,13H,8-9,18H2,1-2H3,(H,15,17);2-6,9,11H,7-8,18H2,1H3,(H,14,15)(H,16,17). The number of aliphatic carboxylic acids is 1. The molecule has 0 saturated carbocycles. The summed E-state index contributed by atoms with van der Waals surface area (Å²) in [6, 6.07) is 17.7. The van der Waals surface area contributed by atoms with Gasteiger partial charge in [-0.25, -0.2) is 4.79 Å². The summed E-state index contributed by atoms with van der Waals surface area (Å²) in [5.41, 5.74) is 1.94. The van der Waals surface area contributed by atoms with Gasteiger partial charge in [-0.3, -0.25) is 14.4 Å². The molecule has 0 aliphatic carbocycles. The first-order valence-corrected chi connectivity index (χ1v) is 13.5. The average molecular weight is 533 g/mol. The quantitative estimate of drug-likeness (QED) is 0.364. The lowest BCUT2D eigenvalue weighted by atomic mass is 10.0. The van der Waals surface area contributed by atoms with Crippen LogP contribution in [0.25, 0.3) is 0 Å². The van der Waals surface area contributed by atoms with Gasteiger partial charge in [-0.1, -0.05) is 74.5 Å². The number of carboxylic acid groups (broad SMARTS) is 1. The first-order valence-electron chi connectivity index (χ1n) is 11.9. The second kappa shape index (κ2) is 16.9. The van der Waals surface area contributed by atoms with Gasteiger partial charge in [0.2, 0.25) is 11.8 Å². The molecule has 0 bridgehead atoms. The highest BCUT2D eigenvalue weighted by Crippen LogP contribution is 2.07. The number of carboxylic acids is 1. The molecule has 0 aliphatic heterocycles. The molecule has 0 aliphatic rings. The van der Waals surface area contributed by atoms with E-state index in [1.165, 1.54) is 6.92 Å². The Kier molecular flexibility index (Phi) is 14.8. The Morgan fingerprint density at radius 3 is 1.42 bits per heavy atom. The molecule has 9 heteroatoms. The predicted octanol–water partition coefficient (Wildman–Crippen LogP) is 3.12. The molecule has 0 aromatic heterocycles. The summed E-state index contributed by atoms with van der Waals surface area (Å²) in [7, 11) is 5.02. The van der Waals surface area contributed by atoms with Gasteiger partial charge >= 0.3 is 5.97 Å². The second-order valence-electron chi connectivity index (χ2n) is 8.72. The van der Waals surface area contributed by atoms with Crippen molar-refractivity contribution in [2.24, 2.45) is 11.8 Å². The van der Waals surface area contributed by atoms with E-state index in [2.05, 4.69) is 29.1 Å². The maximum atomic E-state index is 11.8. The zero-order valence-electron chi connectivity index (χ0n) is 21.1. The van der Waals surface area contributed by atoms with Crippen LogP contribution in [0.4, 0.5) is 0 Å². The van der Waals surface area contributed by atoms with Crippen molar-refractivity contribution < 1.29 is 24.3 Å². The maximum absolute atomic E-state index is 11.8. The van der Waals surface area contributed by atoms with Crippen LogP contribution in [0.15, 0.2) is 60.7 Å². The smallest absolute Gasteiger partial charge is 0.326 e. The number of rotatable bonds is 12. The van der Waals surface area contributed by atoms with Gasteiger partial charge in [0.05, 0.1) is 6.04 Å². The van der Waals surface area contributed by atoms with Gasteiger partial charge in [-0.15, -0.1) is 18.5 Å².